The van der Waals surface area contributed by atoms with Crippen LogP contribution in [-0.4, -0.2) is 21.4 Å². The van der Waals surface area contributed by atoms with Crippen LogP contribution in [0.2, 0.25) is 0 Å². The fraction of sp³-hybridized carbons (Fsp3) is 0.115. The first-order valence-electron chi connectivity index (χ1n) is 10.3. The maximum Gasteiger partial charge on any atom is 0.255 e. The quantitative estimate of drug-likeness (QED) is 0.455. The van der Waals surface area contributed by atoms with Gasteiger partial charge >= 0.3 is 0 Å². The normalized spacial score (nSPS) is 10.6. The van der Waals surface area contributed by atoms with E-state index in [2.05, 4.69) is 20.2 Å². The van der Waals surface area contributed by atoms with Crippen molar-refractivity contribution in [2.75, 3.05) is 10.6 Å². The van der Waals surface area contributed by atoms with Gasteiger partial charge in [-0.3, -0.25) is 9.59 Å². The van der Waals surface area contributed by atoms with E-state index < -0.39 is 0 Å². The number of nitrogens with one attached hydrogen (secondary N) is 2. The van der Waals surface area contributed by atoms with Crippen molar-refractivity contribution in [1.29, 1.82) is 0 Å². The molecule has 4 aromatic rings. The van der Waals surface area contributed by atoms with Gasteiger partial charge in [0.15, 0.2) is 0 Å². The third kappa shape index (κ3) is 4.92. The lowest BCUT2D eigenvalue weighted by atomic mass is 10.1. The number of aryl methyl sites for hydroxylation is 2. The van der Waals surface area contributed by atoms with E-state index >= 15 is 0 Å². The van der Waals surface area contributed by atoms with Crippen LogP contribution in [0.5, 0.6) is 0 Å². The highest BCUT2D eigenvalue weighted by Gasteiger charge is 2.12. The predicted octanol–water partition coefficient (Wildman–Crippen LogP) is 5.05. The van der Waals surface area contributed by atoms with Crippen molar-refractivity contribution in [3.8, 4) is 0 Å². The van der Waals surface area contributed by atoms with Crippen LogP contribution < -0.4 is 10.6 Å². The van der Waals surface area contributed by atoms with Gasteiger partial charge in [-0.25, -0.2) is 4.98 Å². The monoisotopic (exact) mass is 424 g/mol. The summed E-state index contributed by atoms with van der Waals surface area (Å²) in [7, 11) is 0. The Morgan fingerprint density at radius 1 is 0.844 bits per heavy atom. The molecule has 0 saturated carbocycles. The molecular formula is C26H24N4O2. The van der Waals surface area contributed by atoms with Crippen LogP contribution in [-0.2, 0) is 6.54 Å². The number of aromatic nitrogens is 2. The van der Waals surface area contributed by atoms with Crippen LogP contribution in [0.1, 0.15) is 37.7 Å². The van der Waals surface area contributed by atoms with Crippen LogP contribution in [0, 0.1) is 13.8 Å². The van der Waals surface area contributed by atoms with Gasteiger partial charge in [0.25, 0.3) is 11.8 Å². The average Bonchev–Trinajstić information content (AvgIpc) is 3.21. The number of carbonyl (C=O) groups is 2. The summed E-state index contributed by atoms with van der Waals surface area (Å²) in [6, 6.07) is 22.0. The molecule has 2 N–H and O–H groups in total. The van der Waals surface area contributed by atoms with E-state index in [1.54, 1.807) is 30.5 Å². The Morgan fingerprint density at radius 3 is 2.25 bits per heavy atom. The summed E-state index contributed by atoms with van der Waals surface area (Å²) in [5.41, 5.74) is 4.34. The number of anilines is 2. The third-order valence-electron chi connectivity index (χ3n) is 5.27. The standard InChI is InChI=1S/C26H24N4O2/c1-18-8-11-22(16-24(18)29-25(31)21-6-4-3-5-7-21)26(32)28-23-12-9-20(10-13-23)17-30-15-14-27-19(30)2/h3-16H,17H2,1-2H3,(H,28,32)(H,29,31). The molecule has 0 aliphatic carbocycles. The number of amides is 2. The largest absolute Gasteiger partial charge is 0.331 e. The molecule has 0 spiro atoms. The van der Waals surface area contributed by atoms with Gasteiger partial charge < -0.3 is 15.2 Å². The molecule has 32 heavy (non-hydrogen) atoms. The Labute approximate surface area is 186 Å². The molecule has 160 valence electrons. The maximum atomic E-state index is 12.8. The van der Waals surface area contributed by atoms with Crippen LogP contribution in [0.3, 0.4) is 0 Å². The van der Waals surface area contributed by atoms with E-state index in [4.69, 9.17) is 0 Å². The van der Waals surface area contributed by atoms with Crippen LogP contribution >= 0.6 is 0 Å². The fourth-order valence-electron chi connectivity index (χ4n) is 3.35. The lowest BCUT2D eigenvalue weighted by Gasteiger charge is -2.12. The first-order chi connectivity index (χ1) is 15.5. The Hall–Kier alpha value is -4.19. The highest BCUT2D eigenvalue weighted by molar-refractivity contribution is 6.07. The van der Waals surface area contributed by atoms with Crippen molar-refractivity contribution >= 4 is 23.2 Å². The molecule has 0 saturated heterocycles. The van der Waals surface area contributed by atoms with E-state index in [-0.39, 0.29) is 11.8 Å². The van der Waals surface area contributed by atoms with E-state index in [1.165, 1.54) is 0 Å². The summed E-state index contributed by atoms with van der Waals surface area (Å²) < 4.78 is 2.06. The Kier molecular flexibility index (Phi) is 6.12. The smallest absolute Gasteiger partial charge is 0.255 e. The summed E-state index contributed by atoms with van der Waals surface area (Å²) in [6.07, 6.45) is 3.72. The summed E-state index contributed by atoms with van der Waals surface area (Å²) in [5, 5.41) is 5.81. The number of hydrogen-bond donors (Lipinski definition) is 2. The number of carbonyl (C=O) groups excluding carboxylic acids is 2. The molecule has 0 fully saturated rings. The second-order valence-corrected chi connectivity index (χ2v) is 7.60. The Bertz CT molecular complexity index is 1240. The van der Waals surface area contributed by atoms with Crippen LogP contribution in [0.25, 0.3) is 0 Å². The number of hydrogen-bond acceptors (Lipinski definition) is 3. The van der Waals surface area contributed by atoms with Crippen molar-refractivity contribution in [1.82, 2.24) is 9.55 Å². The van der Waals surface area contributed by atoms with Crippen LogP contribution in [0.4, 0.5) is 11.4 Å². The van der Waals surface area contributed by atoms with Crippen molar-refractivity contribution in [2.24, 2.45) is 0 Å². The zero-order chi connectivity index (χ0) is 22.5. The van der Waals surface area contributed by atoms with Gasteiger partial charge in [-0.15, -0.1) is 0 Å². The molecule has 0 atom stereocenters. The van der Waals surface area contributed by atoms with E-state index in [9.17, 15) is 9.59 Å². The minimum absolute atomic E-state index is 0.213. The second kappa shape index (κ2) is 9.31. The lowest BCUT2D eigenvalue weighted by molar-refractivity contribution is 0.101. The molecule has 2 amide bonds. The van der Waals surface area contributed by atoms with Gasteiger partial charge in [0, 0.05) is 41.4 Å². The predicted molar refractivity (Wildman–Crippen MR) is 126 cm³/mol. The lowest BCUT2D eigenvalue weighted by Crippen LogP contribution is -2.15. The molecule has 1 heterocycles. The molecule has 0 unspecified atom stereocenters. The molecule has 0 radical (unpaired) electrons. The first kappa shape index (κ1) is 21.1. The SMILES string of the molecule is Cc1ccc(C(=O)Nc2ccc(Cn3ccnc3C)cc2)cc1NC(=O)c1ccccc1. The Morgan fingerprint density at radius 2 is 1.56 bits per heavy atom. The molecule has 0 aliphatic rings. The zero-order valence-corrected chi connectivity index (χ0v) is 18.0. The van der Waals surface area contributed by atoms with E-state index in [0.29, 0.717) is 22.5 Å². The van der Waals surface area contributed by atoms with Gasteiger partial charge in [-0.2, -0.15) is 0 Å². The molecule has 0 aliphatic heterocycles. The summed E-state index contributed by atoms with van der Waals surface area (Å²) in [4.78, 5) is 29.5. The van der Waals surface area contributed by atoms with Gasteiger partial charge in [0.1, 0.15) is 5.82 Å². The summed E-state index contributed by atoms with van der Waals surface area (Å²) in [5.74, 6) is 0.505. The van der Waals surface area contributed by atoms with Gasteiger partial charge in [0.05, 0.1) is 0 Å². The molecule has 6 heteroatoms. The van der Waals surface area contributed by atoms with Gasteiger partial charge in [-0.05, 0) is 61.4 Å². The van der Waals surface area contributed by atoms with Crippen LogP contribution in [0.15, 0.2) is 85.2 Å². The zero-order valence-electron chi connectivity index (χ0n) is 18.0. The fourth-order valence-corrected chi connectivity index (χ4v) is 3.35. The van der Waals surface area contributed by atoms with E-state index in [1.807, 2.05) is 68.6 Å². The van der Waals surface area contributed by atoms with Crippen molar-refractivity contribution in [3.63, 3.8) is 0 Å². The van der Waals surface area contributed by atoms with Crippen molar-refractivity contribution in [3.05, 3.63) is 113 Å². The molecular weight excluding hydrogens is 400 g/mol. The highest BCUT2D eigenvalue weighted by atomic mass is 16.2. The van der Waals surface area contributed by atoms with Crippen molar-refractivity contribution < 1.29 is 9.59 Å². The number of imidazole rings is 1. The molecule has 3 aromatic carbocycles. The molecule has 4 rings (SSSR count). The minimum atomic E-state index is -0.238. The topological polar surface area (TPSA) is 76.0 Å². The summed E-state index contributed by atoms with van der Waals surface area (Å²) in [6.45, 7) is 4.58. The number of benzene rings is 3. The van der Waals surface area contributed by atoms with E-state index in [0.717, 1.165) is 23.5 Å². The summed E-state index contributed by atoms with van der Waals surface area (Å²) >= 11 is 0. The first-order valence-corrected chi connectivity index (χ1v) is 10.3. The molecule has 0 bridgehead atoms. The highest BCUT2D eigenvalue weighted by Crippen LogP contribution is 2.20. The second-order valence-electron chi connectivity index (χ2n) is 7.60. The number of rotatable bonds is 6. The minimum Gasteiger partial charge on any atom is -0.331 e. The molecule has 1 aromatic heterocycles. The number of nitrogens with zero attached hydrogens (tertiary/aromatic N) is 2. The van der Waals surface area contributed by atoms with Gasteiger partial charge in [-0.1, -0.05) is 36.4 Å². The molecule has 6 nitrogen and oxygen atoms in total. The third-order valence-corrected chi connectivity index (χ3v) is 5.27. The Balaban J connectivity index is 1.43. The van der Waals surface area contributed by atoms with Crippen molar-refractivity contribution in [2.45, 2.75) is 20.4 Å². The van der Waals surface area contributed by atoms with Gasteiger partial charge in [0.2, 0.25) is 0 Å². The maximum absolute atomic E-state index is 12.8. The average molecular weight is 425 g/mol.